The van der Waals surface area contributed by atoms with Gasteiger partial charge < -0.3 is 10.5 Å². The second-order valence-corrected chi connectivity index (χ2v) is 6.14. The monoisotopic (exact) mass is 311 g/mol. The summed E-state index contributed by atoms with van der Waals surface area (Å²) in [5.74, 6) is 0.827. The summed E-state index contributed by atoms with van der Waals surface area (Å²) in [6, 6.07) is 9.80. The largest absolute Gasteiger partial charge is 0.497 e. The maximum atomic E-state index is 6.13. The van der Waals surface area contributed by atoms with Crippen molar-refractivity contribution in [3.05, 3.63) is 47.2 Å². The topological polar surface area (TPSA) is 60.5 Å². The number of hydrogen-bond donors (Lipinski definition) is 1. The van der Waals surface area contributed by atoms with E-state index in [4.69, 9.17) is 10.5 Å². The van der Waals surface area contributed by atoms with E-state index in [0.717, 1.165) is 38.5 Å². The van der Waals surface area contributed by atoms with Crippen LogP contribution in [-0.2, 0) is 0 Å². The fraction of sp³-hybridized carbons (Fsp3) is 0.176. The zero-order chi connectivity index (χ0) is 15.7. The third kappa shape index (κ3) is 2.67. The molecule has 22 heavy (non-hydrogen) atoms. The van der Waals surface area contributed by atoms with Crippen LogP contribution in [0.2, 0.25) is 0 Å². The molecule has 5 heteroatoms. The van der Waals surface area contributed by atoms with Crippen LogP contribution < -0.4 is 10.5 Å². The minimum absolute atomic E-state index is 0.695. The number of thiophene rings is 1. The zero-order valence-corrected chi connectivity index (χ0v) is 13.6. The average Bonchev–Trinajstić information content (AvgIpc) is 2.81. The van der Waals surface area contributed by atoms with Gasteiger partial charge in [-0.15, -0.1) is 0 Å². The minimum atomic E-state index is 0.695. The molecule has 3 rings (SSSR count). The normalized spacial score (nSPS) is 11.4. The summed E-state index contributed by atoms with van der Waals surface area (Å²) in [7, 11) is 1.65. The molecule has 2 aromatic heterocycles. The second-order valence-electron chi connectivity index (χ2n) is 5.11. The molecule has 0 unspecified atom stereocenters. The summed E-state index contributed by atoms with van der Waals surface area (Å²) in [5, 5.41) is 1.74. The van der Waals surface area contributed by atoms with Crippen molar-refractivity contribution in [1.82, 2.24) is 4.98 Å². The van der Waals surface area contributed by atoms with Gasteiger partial charge >= 0.3 is 0 Å². The number of nitrogen functional groups attached to an aromatic ring is 1. The first kappa shape index (κ1) is 14.5. The van der Waals surface area contributed by atoms with E-state index in [-0.39, 0.29) is 0 Å². The summed E-state index contributed by atoms with van der Waals surface area (Å²) in [5.41, 5.74) is 10.1. The molecule has 2 heterocycles. The highest BCUT2D eigenvalue weighted by atomic mass is 32.1. The number of benzene rings is 1. The van der Waals surface area contributed by atoms with Crippen LogP contribution in [0.5, 0.6) is 5.75 Å². The van der Waals surface area contributed by atoms with Crippen LogP contribution >= 0.6 is 11.3 Å². The van der Waals surface area contributed by atoms with Gasteiger partial charge in [-0.25, -0.2) is 4.98 Å². The Labute approximate surface area is 133 Å². The molecule has 0 aliphatic rings. The third-order valence-electron chi connectivity index (χ3n) is 3.45. The fourth-order valence-electron chi connectivity index (χ4n) is 2.40. The van der Waals surface area contributed by atoms with Crippen LogP contribution in [0.1, 0.15) is 16.8 Å². The molecular weight excluding hydrogens is 294 g/mol. The zero-order valence-electron chi connectivity index (χ0n) is 12.8. The van der Waals surface area contributed by atoms with E-state index in [0.29, 0.717) is 5.00 Å². The van der Waals surface area contributed by atoms with E-state index < -0.39 is 0 Å². The molecule has 0 aliphatic carbocycles. The van der Waals surface area contributed by atoms with E-state index in [1.54, 1.807) is 7.11 Å². The van der Waals surface area contributed by atoms with Gasteiger partial charge in [-0.3, -0.25) is 4.99 Å². The molecule has 2 N–H and O–H groups in total. The van der Waals surface area contributed by atoms with Crippen molar-refractivity contribution in [1.29, 1.82) is 0 Å². The van der Waals surface area contributed by atoms with E-state index in [1.807, 2.05) is 37.4 Å². The maximum Gasteiger partial charge on any atom is 0.128 e. The summed E-state index contributed by atoms with van der Waals surface area (Å²) in [4.78, 5) is 10.1. The molecule has 0 amide bonds. The Morgan fingerprint density at radius 1 is 1.23 bits per heavy atom. The number of hydrogen-bond acceptors (Lipinski definition) is 5. The number of pyridine rings is 1. The van der Waals surface area contributed by atoms with E-state index in [9.17, 15) is 0 Å². The fourth-order valence-corrected chi connectivity index (χ4v) is 3.41. The van der Waals surface area contributed by atoms with Crippen molar-refractivity contribution in [2.24, 2.45) is 4.99 Å². The standard InChI is InChI=1S/C17H17N3OS/c1-10-8-11(2)20-17-14(10)15(16(18)22-17)19-9-12-4-6-13(21-3)7-5-12/h4-9H,18H2,1-3H3. The summed E-state index contributed by atoms with van der Waals surface area (Å²) < 4.78 is 5.15. The molecule has 1 aromatic carbocycles. The summed E-state index contributed by atoms with van der Waals surface area (Å²) in [6.45, 7) is 4.05. The van der Waals surface area contributed by atoms with Crippen LogP contribution in [-0.4, -0.2) is 18.3 Å². The second kappa shape index (κ2) is 5.77. The van der Waals surface area contributed by atoms with Crippen molar-refractivity contribution in [3.63, 3.8) is 0 Å². The Kier molecular flexibility index (Phi) is 3.81. The summed E-state index contributed by atoms with van der Waals surface area (Å²) in [6.07, 6.45) is 1.82. The van der Waals surface area contributed by atoms with Gasteiger partial charge in [-0.05, 0) is 55.3 Å². The lowest BCUT2D eigenvalue weighted by atomic mass is 10.1. The van der Waals surface area contributed by atoms with Gasteiger partial charge in [-0.2, -0.15) is 0 Å². The highest BCUT2D eigenvalue weighted by Gasteiger charge is 2.12. The number of anilines is 1. The van der Waals surface area contributed by atoms with Crippen LogP contribution in [0.4, 0.5) is 10.7 Å². The molecule has 0 saturated heterocycles. The predicted molar refractivity (Wildman–Crippen MR) is 93.8 cm³/mol. The maximum absolute atomic E-state index is 6.13. The van der Waals surface area contributed by atoms with Gasteiger partial charge in [0.2, 0.25) is 0 Å². The number of methoxy groups -OCH3 is 1. The number of rotatable bonds is 3. The molecule has 0 atom stereocenters. The van der Waals surface area contributed by atoms with Gasteiger partial charge in [0.15, 0.2) is 0 Å². The van der Waals surface area contributed by atoms with Crippen molar-refractivity contribution in [2.75, 3.05) is 12.8 Å². The van der Waals surface area contributed by atoms with Crippen molar-refractivity contribution < 1.29 is 4.74 Å². The van der Waals surface area contributed by atoms with Crippen molar-refractivity contribution in [3.8, 4) is 5.75 Å². The third-order valence-corrected chi connectivity index (χ3v) is 4.35. The molecule has 112 valence electrons. The molecule has 3 aromatic rings. The lowest BCUT2D eigenvalue weighted by Crippen LogP contribution is -1.86. The first-order valence-electron chi connectivity index (χ1n) is 6.93. The van der Waals surface area contributed by atoms with Crippen LogP contribution in [0.25, 0.3) is 10.2 Å². The molecule has 0 spiro atoms. The van der Waals surface area contributed by atoms with Gasteiger partial charge in [-0.1, -0.05) is 11.3 Å². The van der Waals surface area contributed by atoms with E-state index in [1.165, 1.54) is 11.3 Å². The molecule has 0 saturated carbocycles. The first-order chi connectivity index (χ1) is 10.6. The van der Waals surface area contributed by atoms with Crippen LogP contribution in [0.3, 0.4) is 0 Å². The lowest BCUT2D eigenvalue weighted by Gasteiger charge is -2.01. The number of nitrogens with two attached hydrogens (primary N) is 1. The molecule has 0 bridgehead atoms. The average molecular weight is 311 g/mol. The first-order valence-corrected chi connectivity index (χ1v) is 7.74. The Morgan fingerprint density at radius 3 is 2.64 bits per heavy atom. The number of aromatic nitrogens is 1. The van der Waals surface area contributed by atoms with Gasteiger partial charge in [0, 0.05) is 17.3 Å². The van der Waals surface area contributed by atoms with Crippen LogP contribution in [0, 0.1) is 13.8 Å². The molecular formula is C17H17N3OS. The smallest absolute Gasteiger partial charge is 0.128 e. The van der Waals surface area contributed by atoms with Gasteiger partial charge in [0.05, 0.1) is 7.11 Å². The SMILES string of the molecule is COc1ccc(C=Nc2c(N)sc3nc(C)cc(C)c23)cc1. The van der Waals surface area contributed by atoms with Crippen molar-refractivity contribution in [2.45, 2.75) is 13.8 Å². The lowest BCUT2D eigenvalue weighted by molar-refractivity contribution is 0.415. The predicted octanol–water partition coefficient (Wildman–Crippen LogP) is 4.25. The Morgan fingerprint density at radius 2 is 1.95 bits per heavy atom. The highest BCUT2D eigenvalue weighted by molar-refractivity contribution is 7.23. The Hall–Kier alpha value is -2.40. The van der Waals surface area contributed by atoms with Crippen LogP contribution in [0.15, 0.2) is 35.3 Å². The molecule has 0 fully saturated rings. The number of aryl methyl sites for hydroxylation is 2. The number of nitrogens with zero attached hydrogens (tertiary/aromatic N) is 2. The number of ether oxygens (including phenoxy) is 1. The van der Waals surface area contributed by atoms with Gasteiger partial charge in [0.25, 0.3) is 0 Å². The van der Waals surface area contributed by atoms with E-state index >= 15 is 0 Å². The number of aliphatic imine (C=N–C) groups is 1. The quantitative estimate of drug-likeness (QED) is 0.735. The number of fused-ring (bicyclic) bond motifs is 1. The highest BCUT2D eigenvalue weighted by Crippen LogP contribution is 2.41. The summed E-state index contributed by atoms with van der Waals surface area (Å²) >= 11 is 1.48. The van der Waals surface area contributed by atoms with E-state index in [2.05, 4.69) is 23.0 Å². The Balaban J connectivity index is 2.02. The molecule has 0 aliphatic heterocycles. The molecule has 0 radical (unpaired) electrons. The van der Waals surface area contributed by atoms with Crippen molar-refractivity contribution >= 4 is 38.5 Å². The molecule has 4 nitrogen and oxygen atoms in total. The Bertz CT molecular complexity index is 850. The van der Waals surface area contributed by atoms with Gasteiger partial charge in [0.1, 0.15) is 21.3 Å². The minimum Gasteiger partial charge on any atom is -0.497 e.